The van der Waals surface area contributed by atoms with Crippen molar-refractivity contribution in [3.8, 4) is 0 Å². The Morgan fingerprint density at radius 2 is 1.96 bits per heavy atom. The van der Waals surface area contributed by atoms with Gasteiger partial charge in [0.05, 0.1) is 0 Å². The molecule has 0 radical (unpaired) electrons. The molecular weight excluding hydrogens is 328 g/mol. The fourth-order valence-electron chi connectivity index (χ4n) is 3.11. The van der Waals surface area contributed by atoms with E-state index >= 15 is 0 Å². The fraction of sp³-hybridized carbons (Fsp3) is 0.824. The summed E-state index contributed by atoms with van der Waals surface area (Å²) in [7, 11) is 0. The lowest BCUT2D eigenvalue weighted by Crippen LogP contribution is -2.26. The maximum atomic E-state index is 11.9. The van der Waals surface area contributed by atoms with Gasteiger partial charge in [-0.15, -0.1) is 12.4 Å². The number of amides is 1. The minimum absolute atomic E-state index is 0. The number of carbonyl (C=O) groups is 1. The van der Waals surface area contributed by atoms with Crippen LogP contribution in [-0.2, 0) is 4.79 Å². The first-order chi connectivity index (χ1) is 11.2. The summed E-state index contributed by atoms with van der Waals surface area (Å²) in [6.45, 7) is 2.62. The predicted molar refractivity (Wildman–Crippen MR) is 96.1 cm³/mol. The highest BCUT2D eigenvalue weighted by molar-refractivity contribution is 5.85. The van der Waals surface area contributed by atoms with Gasteiger partial charge in [0, 0.05) is 12.3 Å². The van der Waals surface area contributed by atoms with Crippen LogP contribution in [0.2, 0.25) is 0 Å². The molecule has 1 fully saturated rings. The Hall–Kier alpha value is -1.14. The van der Waals surface area contributed by atoms with Crippen molar-refractivity contribution in [3.05, 3.63) is 11.7 Å². The van der Waals surface area contributed by atoms with E-state index in [9.17, 15) is 4.79 Å². The Labute approximate surface area is 150 Å². The normalized spacial score (nSPS) is 16.4. The highest BCUT2D eigenvalue weighted by Gasteiger charge is 2.23. The third-order valence-electron chi connectivity index (χ3n) is 4.53. The molecule has 0 saturated heterocycles. The van der Waals surface area contributed by atoms with E-state index in [0.717, 1.165) is 50.9 Å². The van der Waals surface area contributed by atoms with Gasteiger partial charge in [-0.2, -0.15) is 4.98 Å². The summed E-state index contributed by atoms with van der Waals surface area (Å²) in [6, 6.07) is -0.226. The van der Waals surface area contributed by atoms with E-state index in [-0.39, 0.29) is 24.4 Å². The third-order valence-corrected chi connectivity index (χ3v) is 4.53. The quantitative estimate of drug-likeness (QED) is 0.657. The number of unbranched alkanes of at least 4 members (excludes halogenated alkanes) is 3. The Morgan fingerprint density at radius 1 is 1.25 bits per heavy atom. The number of nitrogens with two attached hydrogens (primary N) is 1. The molecule has 1 amide bonds. The summed E-state index contributed by atoms with van der Waals surface area (Å²) < 4.78 is 5.35. The Morgan fingerprint density at radius 3 is 2.67 bits per heavy atom. The van der Waals surface area contributed by atoms with Crippen molar-refractivity contribution in [1.29, 1.82) is 0 Å². The topological polar surface area (TPSA) is 94.0 Å². The van der Waals surface area contributed by atoms with Crippen molar-refractivity contribution in [1.82, 2.24) is 15.5 Å². The molecule has 0 aliphatic heterocycles. The Bertz CT molecular complexity index is 475. The Balaban J connectivity index is 0.00000288. The monoisotopic (exact) mass is 358 g/mol. The van der Waals surface area contributed by atoms with Crippen LogP contribution < -0.4 is 11.1 Å². The van der Waals surface area contributed by atoms with Gasteiger partial charge in [0.25, 0.3) is 0 Å². The van der Waals surface area contributed by atoms with Crippen LogP contribution in [0.1, 0.15) is 94.8 Å². The van der Waals surface area contributed by atoms with E-state index in [1.165, 1.54) is 19.3 Å². The molecule has 138 valence electrons. The lowest BCUT2D eigenvalue weighted by atomic mass is 9.89. The van der Waals surface area contributed by atoms with E-state index in [0.29, 0.717) is 18.2 Å². The first kappa shape index (κ1) is 20.9. The second-order valence-corrected chi connectivity index (χ2v) is 6.57. The van der Waals surface area contributed by atoms with E-state index in [1.807, 2.05) is 6.92 Å². The van der Waals surface area contributed by atoms with Crippen molar-refractivity contribution in [2.75, 3.05) is 6.54 Å². The molecule has 6 nitrogen and oxygen atoms in total. The predicted octanol–water partition coefficient (Wildman–Crippen LogP) is 3.63. The molecule has 3 N–H and O–H groups in total. The first-order valence-corrected chi connectivity index (χ1v) is 9.03. The number of nitrogens with one attached hydrogen (secondary N) is 1. The molecule has 2 rings (SSSR count). The second-order valence-electron chi connectivity index (χ2n) is 6.57. The van der Waals surface area contributed by atoms with Gasteiger partial charge in [-0.25, -0.2) is 0 Å². The molecule has 1 aromatic rings. The largest absolute Gasteiger partial charge is 0.345 e. The highest BCUT2D eigenvalue weighted by Crippen LogP contribution is 2.31. The number of hydrogen-bond donors (Lipinski definition) is 2. The highest BCUT2D eigenvalue weighted by atomic mass is 35.5. The van der Waals surface area contributed by atoms with Crippen LogP contribution in [-0.4, -0.2) is 22.6 Å². The van der Waals surface area contributed by atoms with Crippen molar-refractivity contribution >= 4 is 18.3 Å². The summed E-state index contributed by atoms with van der Waals surface area (Å²) >= 11 is 0. The van der Waals surface area contributed by atoms with Crippen LogP contribution in [0.5, 0.6) is 0 Å². The zero-order valence-corrected chi connectivity index (χ0v) is 15.4. The molecule has 1 aliphatic carbocycles. The maximum absolute atomic E-state index is 11.9. The summed E-state index contributed by atoms with van der Waals surface area (Å²) in [5.41, 5.74) is 5.45. The molecule has 7 heteroatoms. The molecule has 1 unspecified atom stereocenters. The number of rotatable bonds is 9. The van der Waals surface area contributed by atoms with Crippen LogP contribution in [0, 0.1) is 0 Å². The van der Waals surface area contributed by atoms with E-state index in [1.54, 1.807) is 0 Å². The van der Waals surface area contributed by atoms with Gasteiger partial charge in [-0.05, 0) is 39.2 Å². The number of nitrogens with zero attached hydrogens (tertiary/aromatic N) is 2. The molecule has 1 aromatic heterocycles. The number of halogens is 1. The van der Waals surface area contributed by atoms with Crippen LogP contribution in [0.25, 0.3) is 0 Å². The number of hydrogen-bond acceptors (Lipinski definition) is 5. The van der Waals surface area contributed by atoms with Crippen molar-refractivity contribution < 1.29 is 9.32 Å². The van der Waals surface area contributed by atoms with Gasteiger partial charge in [0.15, 0.2) is 5.82 Å². The molecular formula is C17H31ClN4O2. The summed E-state index contributed by atoms with van der Waals surface area (Å²) in [4.78, 5) is 16.4. The molecule has 0 spiro atoms. The molecule has 24 heavy (non-hydrogen) atoms. The molecule has 1 aliphatic rings. The Kier molecular flexibility index (Phi) is 9.95. The van der Waals surface area contributed by atoms with Crippen molar-refractivity contribution in [2.45, 2.75) is 83.1 Å². The fourth-order valence-corrected chi connectivity index (χ4v) is 3.11. The van der Waals surface area contributed by atoms with Crippen LogP contribution in [0.4, 0.5) is 0 Å². The van der Waals surface area contributed by atoms with Crippen molar-refractivity contribution in [2.24, 2.45) is 5.73 Å². The lowest BCUT2D eigenvalue weighted by Gasteiger charge is -2.17. The van der Waals surface area contributed by atoms with Crippen molar-refractivity contribution in [3.63, 3.8) is 0 Å². The summed E-state index contributed by atoms with van der Waals surface area (Å²) in [5, 5.41) is 7.06. The smallest absolute Gasteiger partial charge is 0.248 e. The SMILES string of the molecule is CC(NC(=O)CCCCCCN)c1nc(C2CCCCC2)no1.Cl. The molecule has 1 heterocycles. The van der Waals surface area contributed by atoms with E-state index in [2.05, 4.69) is 15.5 Å². The standard InChI is InChI=1S/C17H30N4O2.ClH/c1-13(19-15(22)11-7-2-3-8-12-18)17-20-16(21-23-17)14-9-5-4-6-10-14;/h13-14H,2-12,18H2,1H3,(H,19,22);1H. The molecule has 0 bridgehead atoms. The maximum Gasteiger partial charge on any atom is 0.248 e. The summed E-state index contributed by atoms with van der Waals surface area (Å²) in [5.74, 6) is 1.79. The van der Waals surface area contributed by atoms with E-state index < -0.39 is 0 Å². The lowest BCUT2D eigenvalue weighted by molar-refractivity contribution is -0.122. The molecule has 1 saturated carbocycles. The first-order valence-electron chi connectivity index (χ1n) is 9.03. The van der Waals surface area contributed by atoms with Crippen LogP contribution in [0.3, 0.4) is 0 Å². The average Bonchev–Trinajstić information content (AvgIpc) is 3.05. The van der Waals surface area contributed by atoms with Gasteiger partial charge in [0.1, 0.15) is 6.04 Å². The second kappa shape index (κ2) is 11.4. The van der Waals surface area contributed by atoms with Gasteiger partial charge >= 0.3 is 0 Å². The number of carbonyl (C=O) groups excluding carboxylic acids is 1. The zero-order valence-electron chi connectivity index (χ0n) is 14.6. The average molecular weight is 359 g/mol. The van der Waals surface area contributed by atoms with E-state index in [4.69, 9.17) is 10.3 Å². The third kappa shape index (κ3) is 6.77. The van der Waals surface area contributed by atoms with Gasteiger partial charge < -0.3 is 15.6 Å². The zero-order chi connectivity index (χ0) is 16.5. The molecule has 1 atom stereocenters. The minimum Gasteiger partial charge on any atom is -0.345 e. The molecule has 0 aromatic carbocycles. The number of aromatic nitrogens is 2. The summed E-state index contributed by atoms with van der Waals surface area (Å²) in [6.07, 6.45) is 10.7. The van der Waals surface area contributed by atoms with Gasteiger partial charge in [0.2, 0.25) is 11.8 Å². The van der Waals surface area contributed by atoms with Gasteiger partial charge in [-0.3, -0.25) is 4.79 Å². The van der Waals surface area contributed by atoms with Crippen LogP contribution >= 0.6 is 12.4 Å². The minimum atomic E-state index is -0.226. The van der Waals surface area contributed by atoms with Crippen LogP contribution in [0.15, 0.2) is 4.52 Å². The van der Waals surface area contributed by atoms with Gasteiger partial charge in [-0.1, -0.05) is 37.3 Å².